The molecular formula is C23H24F4N6O3. The van der Waals surface area contributed by atoms with Gasteiger partial charge in [-0.15, -0.1) is 0 Å². The third-order valence-corrected chi connectivity index (χ3v) is 7.32. The molecule has 3 aliphatic carbocycles. The molecular weight excluding hydrogens is 484 g/mol. The summed E-state index contributed by atoms with van der Waals surface area (Å²) >= 11 is 0. The number of carbonyl (C=O) groups is 1. The third-order valence-electron chi connectivity index (χ3n) is 7.32. The molecule has 3 fully saturated rings. The lowest BCUT2D eigenvalue weighted by Gasteiger charge is -2.52. The van der Waals surface area contributed by atoms with E-state index in [0.717, 1.165) is 56.9 Å². The van der Waals surface area contributed by atoms with Crippen LogP contribution < -0.4 is 11.5 Å². The SMILES string of the molecule is N.O=C(NCC12CCC(c3noc(-c4cnc(C(F)F)cn4)n3)(CC1)CC2)c1cc(F)c(O)c(F)c1. The van der Waals surface area contributed by atoms with E-state index in [2.05, 4.69) is 25.4 Å². The zero-order valence-electron chi connectivity index (χ0n) is 19.1. The normalized spacial score (nSPS) is 22.9. The van der Waals surface area contributed by atoms with Crippen molar-refractivity contribution in [1.29, 1.82) is 0 Å². The topological polar surface area (TPSA) is 149 Å². The predicted octanol–water partition coefficient (Wildman–Crippen LogP) is 4.63. The molecule has 1 aromatic carbocycles. The van der Waals surface area contributed by atoms with Gasteiger partial charge in [0.1, 0.15) is 11.4 Å². The van der Waals surface area contributed by atoms with Crippen molar-refractivity contribution in [2.45, 2.75) is 50.4 Å². The summed E-state index contributed by atoms with van der Waals surface area (Å²) in [5, 5.41) is 16.1. The summed E-state index contributed by atoms with van der Waals surface area (Å²) in [7, 11) is 0. The fraction of sp³-hybridized carbons (Fsp3) is 0.435. The van der Waals surface area contributed by atoms with Crippen molar-refractivity contribution >= 4 is 5.91 Å². The van der Waals surface area contributed by atoms with E-state index in [1.165, 1.54) is 6.20 Å². The van der Waals surface area contributed by atoms with Crippen LogP contribution in [0.1, 0.15) is 66.8 Å². The van der Waals surface area contributed by atoms with Crippen LogP contribution >= 0.6 is 0 Å². The molecule has 2 aromatic heterocycles. The molecule has 0 spiro atoms. The molecule has 0 aliphatic heterocycles. The quantitative estimate of drug-likeness (QED) is 0.408. The Bertz CT molecular complexity index is 1220. The molecule has 0 atom stereocenters. The number of fused-ring (bicyclic) bond motifs is 3. The Hall–Kier alpha value is -3.61. The number of aromatic hydroxyl groups is 1. The Morgan fingerprint density at radius 1 is 1.06 bits per heavy atom. The Morgan fingerprint density at radius 2 is 1.69 bits per heavy atom. The van der Waals surface area contributed by atoms with Crippen LogP contribution in [-0.2, 0) is 5.41 Å². The van der Waals surface area contributed by atoms with E-state index >= 15 is 0 Å². The van der Waals surface area contributed by atoms with Gasteiger partial charge in [0, 0.05) is 17.5 Å². The highest BCUT2D eigenvalue weighted by molar-refractivity contribution is 5.94. The first kappa shape index (κ1) is 25.5. The summed E-state index contributed by atoms with van der Waals surface area (Å²) < 4.78 is 57.9. The highest BCUT2D eigenvalue weighted by atomic mass is 19.3. The average molecular weight is 508 g/mol. The number of hydrogen-bond donors (Lipinski definition) is 3. The van der Waals surface area contributed by atoms with Crippen LogP contribution in [-0.4, -0.2) is 37.7 Å². The molecule has 13 heteroatoms. The van der Waals surface area contributed by atoms with Gasteiger partial charge in [0.25, 0.3) is 18.2 Å². The van der Waals surface area contributed by atoms with Crippen LogP contribution in [0.5, 0.6) is 5.75 Å². The summed E-state index contributed by atoms with van der Waals surface area (Å²) in [6.07, 6.45) is 4.10. The van der Waals surface area contributed by atoms with Crippen LogP contribution in [0.4, 0.5) is 17.6 Å². The van der Waals surface area contributed by atoms with E-state index in [4.69, 9.17) is 4.52 Å². The van der Waals surface area contributed by atoms with Crippen molar-refractivity contribution in [3.63, 3.8) is 0 Å². The van der Waals surface area contributed by atoms with Crippen LogP contribution in [0, 0.1) is 17.0 Å². The lowest BCUT2D eigenvalue weighted by Crippen LogP contribution is -2.49. The number of rotatable bonds is 6. The monoisotopic (exact) mass is 508 g/mol. The number of nitrogens with zero attached hydrogens (tertiary/aromatic N) is 4. The highest BCUT2D eigenvalue weighted by Crippen LogP contribution is 2.57. The molecule has 9 nitrogen and oxygen atoms in total. The van der Waals surface area contributed by atoms with Crippen LogP contribution in [0.3, 0.4) is 0 Å². The zero-order valence-corrected chi connectivity index (χ0v) is 19.1. The minimum atomic E-state index is -2.72. The molecule has 2 bridgehead atoms. The van der Waals surface area contributed by atoms with E-state index in [0.29, 0.717) is 12.4 Å². The molecule has 1 amide bonds. The lowest BCUT2D eigenvalue weighted by molar-refractivity contribution is 0.0335. The van der Waals surface area contributed by atoms with Gasteiger partial charge in [0.2, 0.25) is 0 Å². The van der Waals surface area contributed by atoms with E-state index < -0.39 is 35.4 Å². The number of halogens is 4. The van der Waals surface area contributed by atoms with E-state index in [1.54, 1.807) is 0 Å². The second-order valence-corrected chi connectivity index (χ2v) is 9.30. The summed E-state index contributed by atoms with van der Waals surface area (Å²) in [4.78, 5) is 24.5. The standard InChI is InChI=1S/C23H21F4N5O3.H3N/c24-13-7-12(8-14(25)17(13)33)19(34)30-11-22-1-4-23(5-2-22,6-3-22)21-31-20(35-32-21)16-10-28-15(9-29-16)18(26)27;/h7-10,18,33H,1-6,11H2,(H,30,34);1H3. The van der Waals surface area contributed by atoms with Gasteiger partial charge in [-0.05, 0) is 56.1 Å². The van der Waals surface area contributed by atoms with Crippen LogP contribution in [0.2, 0.25) is 0 Å². The first-order chi connectivity index (χ1) is 16.7. The number of aromatic nitrogens is 4. The Labute approximate surface area is 202 Å². The maximum atomic E-state index is 13.6. The van der Waals surface area contributed by atoms with Gasteiger partial charge in [-0.3, -0.25) is 9.78 Å². The average Bonchev–Trinajstić information content (AvgIpc) is 3.38. The second-order valence-electron chi connectivity index (χ2n) is 9.30. The summed E-state index contributed by atoms with van der Waals surface area (Å²) in [6, 6.07) is 1.61. The molecule has 0 unspecified atom stereocenters. The van der Waals surface area contributed by atoms with Crippen LogP contribution in [0.25, 0.3) is 11.6 Å². The fourth-order valence-electron chi connectivity index (χ4n) is 5.03. The molecule has 3 saturated carbocycles. The lowest BCUT2D eigenvalue weighted by atomic mass is 9.53. The fourth-order valence-corrected chi connectivity index (χ4v) is 5.03. The molecule has 0 radical (unpaired) electrons. The Kier molecular flexibility index (Phi) is 6.69. The van der Waals surface area contributed by atoms with E-state index in [-0.39, 0.29) is 34.1 Å². The van der Waals surface area contributed by atoms with Crippen molar-refractivity contribution < 1.29 is 32.0 Å². The first-order valence-electron chi connectivity index (χ1n) is 11.1. The number of alkyl halides is 2. The number of carbonyl (C=O) groups excluding carboxylic acids is 1. The van der Waals surface area contributed by atoms with E-state index in [1.807, 2.05) is 0 Å². The van der Waals surface area contributed by atoms with Crippen molar-refractivity contribution in [3.05, 3.63) is 53.2 Å². The van der Waals surface area contributed by atoms with Crippen molar-refractivity contribution in [2.24, 2.45) is 5.41 Å². The Morgan fingerprint density at radius 3 is 2.25 bits per heavy atom. The van der Waals surface area contributed by atoms with Gasteiger partial charge in [-0.25, -0.2) is 22.5 Å². The van der Waals surface area contributed by atoms with Gasteiger partial charge in [-0.2, -0.15) is 4.98 Å². The number of phenols is 1. The first-order valence-corrected chi connectivity index (χ1v) is 11.1. The molecule has 3 aliphatic rings. The van der Waals surface area contributed by atoms with Crippen molar-refractivity contribution in [3.8, 4) is 17.3 Å². The molecule has 5 N–H and O–H groups in total. The highest BCUT2D eigenvalue weighted by Gasteiger charge is 2.51. The van der Waals surface area contributed by atoms with Gasteiger partial charge in [0.05, 0.1) is 12.4 Å². The Balaban J connectivity index is 0.00000304. The van der Waals surface area contributed by atoms with E-state index in [9.17, 15) is 27.5 Å². The molecule has 0 saturated heterocycles. The van der Waals surface area contributed by atoms with Gasteiger partial charge < -0.3 is 21.1 Å². The number of hydrogen-bond acceptors (Lipinski definition) is 8. The smallest absolute Gasteiger partial charge is 0.281 e. The molecule has 6 rings (SSSR count). The molecule has 3 aromatic rings. The summed E-state index contributed by atoms with van der Waals surface area (Å²) in [6.45, 7) is 0.357. The second kappa shape index (κ2) is 9.45. The van der Waals surface area contributed by atoms with Gasteiger partial charge in [0.15, 0.2) is 23.2 Å². The van der Waals surface area contributed by atoms with Gasteiger partial charge >= 0.3 is 0 Å². The summed E-state index contributed by atoms with van der Waals surface area (Å²) in [5.74, 6) is -3.45. The minimum Gasteiger partial charge on any atom is -0.503 e. The number of amides is 1. The van der Waals surface area contributed by atoms with Crippen molar-refractivity contribution in [1.82, 2.24) is 31.6 Å². The van der Waals surface area contributed by atoms with Gasteiger partial charge in [-0.1, -0.05) is 5.16 Å². The maximum Gasteiger partial charge on any atom is 0.281 e. The zero-order chi connectivity index (χ0) is 24.8. The largest absolute Gasteiger partial charge is 0.503 e. The molecule has 2 heterocycles. The third kappa shape index (κ3) is 4.50. The molecule has 192 valence electrons. The molecule has 36 heavy (non-hydrogen) atoms. The van der Waals surface area contributed by atoms with Crippen molar-refractivity contribution in [2.75, 3.05) is 6.54 Å². The number of phenolic OH excluding ortho intramolecular Hbond substituents is 1. The number of benzene rings is 1. The number of nitrogens with one attached hydrogen (secondary N) is 1. The van der Waals surface area contributed by atoms with Crippen LogP contribution in [0.15, 0.2) is 29.0 Å². The predicted molar refractivity (Wildman–Crippen MR) is 117 cm³/mol. The minimum absolute atomic E-state index is 0. The maximum absolute atomic E-state index is 13.6. The summed E-state index contributed by atoms with van der Waals surface area (Å²) in [5.41, 5.74) is -0.841.